The van der Waals surface area contributed by atoms with E-state index in [0.29, 0.717) is 17.4 Å². The number of ether oxygens (including phenoxy) is 2. The van der Waals surface area contributed by atoms with Crippen LogP contribution in [0.4, 0.5) is 0 Å². The normalized spacial score (nSPS) is 13.9. The molecule has 0 bridgehead atoms. The lowest BCUT2D eigenvalue weighted by Gasteiger charge is -2.24. The third kappa shape index (κ3) is 41.7. The highest BCUT2D eigenvalue weighted by Gasteiger charge is 2.27. The SMILES string of the molecule is CCCCC/C=C/C/C=C/C/C=C/CCCCC(=O)O[C@H](COC(=O)CCCCCCCCCCCCCCCCCC)COP(=O)(O)OCC[N+](C)(C)C. The quantitative estimate of drug-likeness (QED) is 0.0215. The Kier molecular flexibility index (Phi) is 36.6. The van der Waals surface area contributed by atoms with Crippen molar-refractivity contribution in [1.82, 2.24) is 0 Å². The summed E-state index contributed by atoms with van der Waals surface area (Å²) in [6, 6.07) is 0. The van der Waals surface area contributed by atoms with E-state index in [9.17, 15) is 19.0 Å². The van der Waals surface area contributed by atoms with E-state index in [-0.39, 0.29) is 32.0 Å². The Hall–Kier alpha value is -1.77. The third-order valence-electron chi connectivity index (χ3n) is 9.42. The maximum atomic E-state index is 12.7. The Labute approximate surface area is 338 Å². The van der Waals surface area contributed by atoms with Crippen LogP contribution in [0.3, 0.4) is 0 Å². The van der Waals surface area contributed by atoms with E-state index in [1.54, 1.807) is 0 Å². The molecule has 322 valence electrons. The van der Waals surface area contributed by atoms with Crippen molar-refractivity contribution < 1.29 is 42.1 Å². The first-order valence-electron chi connectivity index (χ1n) is 22.2. The van der Waals surface area contributed by atoms with E-state index >= 15 is 0 Å². The molecule has 0 aliphatic heterocycles. The van der Waals surface area contributed by atoms with Crippen molar-refractivity contribution in [1.29, 1.82) is 0 Å². The first kappa shape index (κ1) is 53.2. The molecule has 9 nitrogen and oxygen atoms in total. The average Bonchev–Trinajstić information content (AvgIpc) is 3.13. The molecule has 0 fully saturated rings. The lowest BCUT2D eigenvalue weighted by Crippen LogP contribution is -2.37. The van der Waals surface area contributed by atoms with Crippen molar-refractivity contribution in [2.24, 2.45) is 0 Å². The summed E-state index contributed by atoms with van der Waals surface area (Å²) in [5, 5.41) is 0. The molecule has 1 N–H and O–H groups in total. The number of unbranched alkanes of at least 4 members (excludes halogenated alkanes) is 20. The molecule has 0 spiro atoms. The number of hydrogen-bond donors (Lipinski definition) is 1. The summed E-state index contributed by atoms with van der Waals surface area (Å²) in [4.78, 5) is 35.3. The van der Waals surface area contributed by atoms with Gasteiger partial charge in [0, 0.05) is 12.8 Å². The molecule has 0 aromatic rings. The standard InChI is InChI=1S/C45H84NO8P/c1-6-8-10-12-14-16-18-20-22-24-25-27-29-31-33-35-37-44(47)51-41-43(42-53-55(49,50)52-40-39-46(3,4)5)54-45(48)38-36-34-32-30-28-26-23-21-19-17-15-13-11-9-7-2/h15,17,21,23,28,30,43H,6-14,16,18-20,22,24-27,29,31-42H2,1-5H3/p+1/b17-15+,23-21+,30-28+/t43-/m1/s1. The Morgan fingerprint density at radius 1 is 0.564 bits per heavy atom. The Bertz CT molecular complexity index is 1040. The molecule has 0 saturated heterocycles. The molecule has 2 atom stereocenters. The lowest BCUT2D eigenvalue weighted by atomic mass is 10.0. The van der Waals surface area contributed by atoms with Crippen LogP contribution in [0.25, 0.3) is 0 Å². The number of allylic oxidation sites excluding steroid dienone is 6. The highest BCUT2D eigenvalue weighted by Crippen LogP contribution is 2.43. The fourth-order valence-corrected chi connectivity index (χ4v) is 6.64. The molecule has 0 aliphatic rings. The molecule has 55 heavy (non-hydrogen) atoms. The summed E-state index contributed by atoms with van der Waals surface area (Å²) in [6.45, 7) is 4.36. The molecule has 10 heteroatoms. The predicted octanol–water partition coefficient (Wildman–Crippen LogP) is 12.5. The van der Waals surface area contributed by atoms with Crippen molar-refractivity contribution >= 4 is 19.8 Å². The third-order valence-corrected chi connectivity index (χ3v) is 10.4. The van der Waals surface area contributed by atoms with Crippen molar-refractivity contribution in [3.05, 3.63) is 36.5 Å². The fourth-order valence-electron chi connectivity index (χ4n) is 5.90. The van der Waals surface area contributed by atoms with Crippen LogP contribution < -0.4 is 0 Å². The highest BCUT2D eigenvalue weighted by molar-refractivity contribution is 7.47. The van der Waals surface area contributed by atoms with Crippen molar-refractivity contribution in [2.75, 3.05) is 47.5 Å². The molecular formula is C45H85NO8P+. The summed E-state index contributed by atoms with van der Waals surface area (Å²) in [6.07, 6.45) is 41.9. The summed E-state index contributed by atoms with van der Waals surface area (Å²) >= 11 is 0. The van der Waals surface area contributed by atoms with E-state index in [1.807, 2.05) is 21.1 Å². The maximum Gasteiger partial charge on any atom is 0.472 e. The number of likely N-dealkylation sites (N-methyl/N-ethyl adjacent to an activating group) is 1. The molecule has 0 radical (unpaired) electrons. The number of carbonyl (C=O) groups excluding carboxylic acids is 2. The minimum Gasteiger partial charge on any atom is -0.462 e. The number of nitrogens with zero attached hydrogens (tertiary/aromatic N) is 1. The molecule has 0 rings (SSSR count). The number of quaternary nitrogens is 1. The van der Waals surface area contributed by atoms with E-state index in [0.717, 1.165) is 51.4 Å². The second-order valence-corrected chi connectivity index (χ2v) is 17.5. The zero-order valence-corrected chi connectivity index (χ0v) is 37.1. The minimum absolute atomic E-state index is 0.0251. The van der Waals surface area contributed by atoms with Gasteiger partial charge in [0.05, 0.1) is 27.7 Å². The number of phosphoric acid groups is 1. The molecule has 0 saturated carbocycles. The topological polar surface area (TPSA) is 108 Å². The smallest absolute Gasteiger partial charge is 0.462 e. The minimum atomic E-state index is -4.38. The number of hydrogen-bond acceptors (Lipinski definition) is 7. The second kappa shape index (κ2) is 37.8. The summed E-state index contributed by atoms with van der Waals surface area (Å²) < 4.78 is 34.3. The van der Waals surface area contributed by atoms with Gasteiger partial charge in [-0.25, -0.2) is 4.57 Å². The Morgan fingerprint density at radius 2 is 0.982 bits per heavy atom. The first-order valence-corrected chi connectivity index (χ1v) is 23.7. The molecule has 0 aliphatic carbocycles. The molecule has 1 unspecified atom stereocenters. The van der Waals surface area contributed by atoms with Gasteiger partial charge in [-0.3, -0.25) is 18.6 Å². The monoisotopic (exact) mass is 799 g/mol. The van der Waals surface area contributed by atoms with Gasteiger partial charge in [-0.05, 0) is 51.4 Å². The highest BCUT2D eigenvalue weighted by atomic mass is 31.2. The van der Waals surface area contributed by atoms with Crippen LogP contribution >= 0.6 is 7.82 Å². The number of carbonyl (C=O) groups is 2. The van der Waals surface area contributed by atoms with Gasteiger partial charge in [-0.2, -0.15) is 0 Å². The van der Waals surface area contributed by atoms with Gasteiger partial charge in [-0.15, -0.1) is 0 Å². The van der Waals surface area contributed by atoms with Gasteiger partial charge >= 0.3 is 19.8 Å². The molecule has 0 aromatic heterocycles. The zero-order chi connectivity index (χ0) is 40.7. The predicted molar refractivity (Wildman–Crippen MR) is 229 cm³/mol. The van der Waals surface area contributed by atoms with Crippen LogP contribution in [0, 0.1) is 0 Å². The number of esters is 2. The van der Waals surface area contributed by atoms with Gasteiger partial charge in [0.25, 0.3) is 0 Å². The van der Waals surface area contributed by atoms with Crippen LogP contribution in [0.2, 0.25) is 0 Å². The summed E-state index contributed by atoms with van der Waals surface area (Å²) in [7, 11) is 1.45. The van der Waals surface area contributed by atoms with Crippen LogP contribution in [-0.2, 0) is 32.7 Å². The van der Waals surface area contributed by atoms with Crippen LogP contribution in [-0.4, -0.2) is 74.9 Å². The largest absolute Gasteiger partial charge is 0.472 e. The van der Waals surface area contributed by atoms with E-state index in [4.69, 9.17) is 18.5 Å². The first-order chi connectivity index (χ1) is 26.5. The number of rotatable bonds is 40. The zero-order valence-electron chi connectivity index (χ0n) is 36.2. The number of phosphoric ester groups is 1. The van der Waals surface area contributed by atoms with Gasteiger partial charge in [0.1, 0.15) is 19.8 Å². The van der Waals surface area contributed by atoms with E-state index in [1.165, 1.54) is 103 Å². The fraction of sp³-hybridized carbons (Fsp3) is 0.822. The lowest BCUT2D eigenvalue weighted by molar-refractivity contribution is -0.870. The van der Waals surface area contributed by atoms with Crippen molar-refractivity contribution in [3.63, 3.8) is 0 Å². The van der Waals surface area contributed by atoms with Crippen LogP contribution in [0.15, 0.2) is 36.5 Å². The molecule has 0 amide bonds. The van der Waals surface area contributed by atoms with Gasteiger partial charge in [0.2, 0.25) is 0 Å². The molecule has 0 aromatic carbocycles. The van der Waals surface area contributed by atoms with Gasteiger partial charge in [-0.1, -0.05) is 159 Å². The molecule has 0 heterocycles. The maximum absolute atomic E-state index is 12.7. The Morgan fingerprint density at radius 3 is 1.49 bits per heavy atom. The second-order valence-electron chi connectivity index (χ2n) is 16.1. The van der Waals surface area contributed by atoms with Crippen molar-refractivity contribution in [3.8, 4) is 0 Å². The van der Waals surface area contributed by atoms with Gasteiger partial charge < -0.3 is 18.9 Å². The van der Waals surface area contributed by atoms with Crippen molar-refractivity contribution in [2.45, 2.75) is 193 Å². The van der Waals surface area contributed by atoms with Gasteiger partial charge in [0.15, 0.2) is 6.10 Å². The summed E-state index contributed by atoms with van der Waals surface area (Å²) in [5.74, 6) is -0.839. The van der Waals surface area contributed by atoms with E-state index < -0.39 is 26.5 Å². The molecular weight excluding hydrogens is 713 g/mol. The van der Waals surface area contributed by atoms with Crippen LogP contribution in [0.1, 0.15) is 187 Å². The van der Waals surface area contributed by atoms with Crippen LogP contribution in [0.5, 0.6) is 0 Å². The summed E-state index contributed by atoms with van der Waals surface area (Å²) in [5.41, 5.74) is 0. The average molecular weight is 799 g/mol. The Balaban J connectivity index is 4.40. The van der Waals surface area contributed by atoms with E-state index in [2.05, 4.69) is 50.3 Å².